The minimum absolute atomic E-state index is 0.281. The van der Waals surface area contributed by atoms with Crippen molar-refractivity contribution in [2.45, 2.75) is 53.3 Å². The van der Waals surface area contributed by atoms with Crippen LogP contribution in [0.2, 0.25) is 6.04 Å². The molecule has 0 amide bonds. The summed E-state index contributed by atoms with van der Waals surface area (Å²) in [6, 6.07) is 0.941. The van der Waals surface area contributed by atoms with Crippen LogP contribution < -0.4 is 0 Å². The van der Waals surface area contributed by atoms with Gasteiger partial charge in [0.15, 0.2) is 0 Å². The fourth-order valence-corrected chi connectivity index (χ4v) is 3.61. The normalized spacial score (nSPS) is 15.3. The molecule has 4 nitrogen and oxygen atoms in total. The van der Waals surface area contributed by atoms with Gasteiger partial charge in [-0.1, -0.05) is 20.8 Å². The first-order valence-corrected chi connectivity index (χ1v) is 7.49. The Hall–Kier alpha value is -0.483. The molecule has 0 spiro atoms. The van der Waals surface area contributed by atoms with Gasteiger partial charge in [-0.25, -0.2) is 4.79 Å². The van der Waals surface area contributed by atoms with E-state index in [1.807, 2.05) is 6.92 Å². The van der Waals surface area contributed by atoms with Crippen LogP contribution in [0.15, 0.2) is 4.99 Å². The topological polar surface area (TPSA) is 47.9 Å². The van der Waals surface area contributed by atoms with Gasteiger partial charge in [-0.2, -0.15) is 4.99 Å². The Balaban J connectivity index is 4.11. The summed E-state index contributed by atoms with van der Waals surface area (Å²) in [6.45, 7) is 10.9. The van der Waals surface area contributed by atoms with Crippen LogP contribution in [-0.2, 0) is 13.6 Å². The minimum Gasteiger partial charge on any atom is -0.397 e. The smallest absolute Gasteiger partial charge is 0.323 e. The second-order valence-electron chi connectivity index (χ2n) is 4.94. The number of hydrogen-bond acceptors (Lipinski definition) is 4. The predicted molar refractivity (Wildman–Crippen MR) is 66.3 cm³/mol. The standard InChI is InChI=1S/C11H23NO3Si/c1-6-14-16(8-7-11(3,4)5)15-10(2)12-9-13/h10,16H,6-8H2,1-5H3. The lowest BCUT2D eigenvalue weighted by atomic mass is 9.94. The largest absolute Gasteiger partial charge is 0.397 e. The van der Waals surface area contributed by atoms with Crippen molar-refractivity contribution in [3.05, 3.63) is 0 Å². The maximum Gasteiger partial charge on any atom is 0.323 e. The molecule has 0 aliphatic rings. The van der Waals surface area contributed by atoms with E-state index < -0.39 is 15.5 Å². The lowest BCUT2D eigenvalue weighted by Gasteiger charge is -2.22. The SMILES string of the molecule is CCO[SiH](CCC(C)(C)C)OC(C)N=C=O. The van der Waals surface area contributed by atoms with Crippen LogP contribution in [0.25, 0.3) is 0 Å². The summed E-state index contributed by atoms with van der Waals surface area (Å²) in [4.78, 5) is 13.6. The quantitative estimate of drug-likeness (QED) is 0.393. The molecule has 0 radical (unpaired) electrons. The monoisotopic (exact) mass is 245 g/mol. The highest BCUT2D eigenvalue weighted by molar-refractivity contribution is 6.44. The van der Waals surface area contributed by atoms with E-state index in [2.05, 4.69) is 25.8 Å². The van der Waals surface area contributed by atoms with Gasteiger partial charge in [0.2, 0.25) is 6.08 Å². The molecule has 0 saturated heterocycles. The van der Waals surface area contributed by atoms with Gasteiger partial charge in [0, 0.05) is 6.61 Å². The van der Waals surface area contributed by atoms with Crippen LogP contribution in [0.4, 0.5) is 0 Å². The van der Waals surface area contributed by atoms with Crippen molar-refractivity contribution >= 4 is 15.4 Å². The summed E-state index contributed by atoms with van der Waals surface area (Å²) in [5, 5.41) is 0. The number of carbonyl (C=O) groups excluding carboxylic acids is 1. The Morgan fingerprint density at radius 1 is 1.44 bits per heavy atom. The highest BCUT2D eigenvalue weighted by Crippen LogP contribution is 2.22. The molecule has 94 valence electrons. The van der Waals surface area contributed by atoms with Crippen molar-refractivity contribution in [1.82, 2.24) is 0 Å². The Morgan fingerprint density at radius 2 is 2.06 bits per heavy atom. The van der Waals surface area contributed by atoms with Gasteiger partial charge in [0.25, 0.3) is 0 Å². The van der Waals surface area contributed by atoms with Crippen LogP contribution in [-0.4, -0.2) is 28.2 Å². The molecule has 0 aliphatic heterocycles. The Labute approximate surface area is 99.9 Å². The molecule has 0 bridgehead atoms. The van der Waals surface area contributed by atoms with Gasteiger partial charge in [0.05, 0.1) is 0 Å². The molecule has 0 aliphatic carbocycles. The average Bonchev–Trinajstić information content (AvgIpc) is 2.14. The fourth-order valence-electron chi connectivity index (χ4n) is 1.25. The van der Waals surface area contributed by atoms with Crippen molar-refractivity contribution < 1.29 is 13.6 Å². The fraction of sp³-hybridized carbons (Fsp3) is 0.909. The van der Waals surface area contributed by atoms with E-state index in [1.165, 1.54) is 6.08 Å². The van der Waals surface area contributed by atoms with E-state index in [1.54, 1.807) is 6.92 Å². The summed E-state index contributed by atoms with van der Waals surface area (Å²) in [6.07, 6.45) is 2.13. The van der Waals surface area contributed by atoms with E-state index in [4.69, 9.17) is 8.85 Å². The van der Waals surface area contributed by atoms with Crippen molar-refractivity contribution in [3.8, 4) is 0 Å². The van der Waals surface area contributed by atoms with Gasteiger partial charge >= 0.3 is 9.28 Å². The summed E-state index contributed by atoms with van der Waals surface area (Å²) >= 11 is 0. The van der Waals surface area contributed by atoms with Crippen molar-refractivity contribution in [2.75, 3.05) is 6.61 Å². The number of hydrogen-bond donors (Lipinski definition) is 0. The molecule has 2 atom stereocenters. The van der Waals surface area contributed by atoms with E-state index in [0.717, 1.165) is 12.5 Å². The third kappa shape index (κ3) is 8.80. The minimum atomic E-state index is -1.70. The summed E-state index contributed by atoms with van der Waals surface area (Å²) in [5.74, 6) is 0. The zero-order valence-corrected chi connectivity index (χ0v) is 12.1. The van der Waals surface area contributed by atoms with E-state index in [-0.39, 0.29) is 5.41 Å². The second-order valence-corrected chi connectivity index (χ2v) is 6.98. The van der Waals surface area contributed by atoms with Crippen LogP contribution in [0.3, 0.4) is 0 Å². The molecule has 2 unspecified atom stereocenters. The molecule has 0 fully saturated rings. The third-order valence-corrected chi connectivity index (χ3v) is 4.23. The Bertz CT molecular complexity index is 234. The van der Waals surface area contributed by atoms with Crippen molar-refractivity contribution in [3.63, 3.8) is 0 Å². The maximum absolute atomic E-state index is 10.1. The zero-order chi connectivity index (χ0) is 12.6. The van der Waals surface area contributed by atoms with Crippen LogP contribution in [0.5, 0.6) is 0 Å². The first-order chi connectivity index (χ1) is 7.39. The Kier molecular flexibility index (Phi) is 7.50. The number of rotatable bonds is 7. The summed E-state index contributed by atoms with van der Waals surface area (Å²) in [7, 11) is -1.70. The molecule has 16 heavy (non-hydrogen) atoms. The van der Waals surface area contributed by atoms with Crippen molar-refractivity contribution in [1.29, 1.82) is 0 Å². The number of isocyanates is 1. The van der Waals surface area contributed by atoms with Gasteiger partial charge < -0.3 is 8.85 Å². The van der Waals surface area contributed by atoms with Crippen molar-refractivity contribution in [2.24, 2.45) is 10.4 Å². The molecule has 0 N–H and O–H groups in total. The molecule has 0 aromatic carbocycles. The lowest BCUT2D eigenvalue weighted by molar-refractivity contribution is 0.153. The van der Waals surface area contributed by atoms with Gasteiger partial charge in [-0.3, -0.25) is 0 Å². The maximum atomic E-state index is 10.1. The van der Waals surface area contributed by atoms with Crippen LogP contribution in [0.1, 0.15) is 41.0 Å². The summed E-state index contributed by atoms with van der Waals surface area (Å²) in [5.41, 5.74) is 0.281. The first kappa shape index (κ1) is 15.5. The molecule has 0 rings (SSSR count). The average molecular weight is 245 g/mol. The van der Waals surface area contributed by atoms with Crippen LogP contribution in [0, 0.1) is 5.41 Å². The van der Waals surface area contributed by atoms with Gasteiger partial charge in [-0.15, -0.1) is 0 Å². The number of nitrogens with zero attached hydrogens (tertiary/aromatic N) is 1. The van der Waals surface area contributed by atoms with E-state index in [9.17, 15) is 4.79 Å². The summed E-state index contributed by atoms with van der Waals surface area (Å²) < 4.78 is 11.2. The Morgan fingerprint density at radius 3 is 2.50 bits per heavy atom. The molecule has 0 heterocycles. The lowest BCUT2D eigenvalue weighted by Crippen LogP contribution is -2.28. The molecular formula is C11H23NO3Si. The van der Waals surface area contributed by atoms with E-state index >= 15 is 0 Å². The van der Waals surface area contributed by atoms with E-state index in [0.29, 0.717) is 6.61 Å². The number of aliphatic imine (C=N–C) groups is 1. The highest BCUT2D eigenvalue weighted by atomic mass is 28.3. The molecular weight excluding hydrogens is 222 g/mol. The first-order valence-electron chi connectivity index (χ1n) is 5.73. The highest BCUT2D eigenvalue weighted by Gasteiger charge is 2.20. The predicted octanol–water partition coefficient (Wildman–Crippen LogP) is 2.38. The van der Waals surface area contributed by atoms with Crippen LogP contribution >= 0.6 is 0 Å². The molecule has 0 saturated carbocycles. The van der Waals surface area contributed by atoms with Gasteiger partial charge in [0.1, 0.15) is 6.23 Å². The molecule has 0 aromatic heterocycles. The molecule has 0 aromatic rings. The second kappa shape index (κ2) is 7.74. The third-order valence-electron chi connectivity index (χ3n) is 2.07. The molecule has 5 heteroatoms. The van der Waals surface area contributed by atoms with Gasteiger partial charge in [-0.05, 0) is 31.7 Å². The zero-order valence-electron chi connectivity index (χ0n) is 10.9.